The van der Waals surface area contributed by atoms with Crippen molar-refractivity contribution in [2.24, 2.45) is 5.73 Å². The predicted molar refractivity (Wildman–Crippen MR) is 152 cm³/mol. The van der Waals surface area contributed by atoms with Gasteiger partial charge in [-0.25, -0.2) is 4.79 Å². The highest BCUT2D eigenvalue weighted by Crippen LogP contribution is 2.29. The number of nitriles is 1. The normalized spacial score (nSPS) is 12.7. The van der Waals surface area contributed by atoms with Crippen molar-refractivity contribution in [1.29, 1.82) is 5.26 Å². The molecule has 3 amide bonds. The lowest BCUT2D eigenvalue weighted by Crippen LogP contribution is -2.32. The highest BCUT2D eigenvalue weighted by atomic mass is 16.6. The van der Waals surface area contributed by atoms with E-state index in [4.69, 9.17) is 15.2 Å². The average molecular weight is 559 g/mol. The summed E-state index contributed by atoms with van der Waals surface area (Å²) in [6.45, 7) is 2.38. The Bertz CT molecular complexity index is 1390. The summed E-state index contributed by atoms with van der Waals surface area (Å²) in [5.41, 5.74) is 7.11. The van der Waals surface area contributed by atoms with Gasteiger partial charge in [-0.2, -0.15) is 5.26 Å². The van der Waals surface area contributed by atoms with Gasteiger partial charge >= 0.3 is 6.09 Å². The van der Waals surface area contributed by atoms with Crippen molar-refractivity contribution >= 4 is 17.9 Å². The van der Waals surface area contributed by atoms with Crippen LogP contribution in [0.4, 0.5) is 4.79 Å². The van der Waals surface area contributed by atoms with Gasteiger partial charge in [0.2, 0.25) is 0 Å². The maximum absolute atomic E-state index is 13.4. The lowest BCUT2D eigenvalue weighted by atomic mass is 9.95. The topological polar surface area (TPSA) is 164 Å². The molecule has 10 heteroatoms. The van der Waals surface area contributed by atoms with Crippen molar-refractivity contribution in [3.63, 3.8) is 0 Å². The molecule has 3 aromatic rings. The highest BCUT2D eigenvalue weighted by Gasteiger charge is 2.25. The molecule has 0 aromatic heterocycles. The SMILES string of the molecule is CCCNC(=O)c1cc(C#N)cc(C(=O)NC(CC(O)CC(OC(N)=O)c2cccc(OC)c2)c2ccccc2)c1. The number of methoxy groups -OCH3 is 1. The van der Waals surface area contributed by atoms with Crippen LogP contribution < -0.4 is 21.1 Å². The molecule has 3 rings (SSSR count). The molecule has 0 saturated heterocycles. The van der Waals surface area contributed by atoms with Crippen molar-refractivity contribution in [3.05, 3.63) is 101 Å². The van der Waals surface area contributed by atoms with Crippen LogP contribution in [0.5, 0.6) is 5.75 Å². The van der Waals surface area contributed by atoms with Crippen molar-refractivity contribution in [2.75, 3.05) is 13.7 Å². The molecule has 0 heterocycles. The zero-order valence-corrected chi connectivity index (χ0v) is 23.0. The molecule has 214 valence electrons. The van der Waals surface area contributed by atoms with Crippen LogP contribution in [-0.2, 0) is 4.74 Å². The molecule has 0 spiro atoms. The van der Waals surface area contributed by atoms with Gasteiger partial charge in [-0.15, -0.1) is 0 Å². The van der Waals surface area contributed by atoms with Gasteiger partial charge in [0, 0.05) is 24.1 Å². The summed E-state index contributed by atoms with van der Waals surface area (Å²) in [6, 6.07) is 21.6. The van der Waals surface area contributed by atoms with Crippen LogP contribution >= 0.6 is 0 Å². The fraction of sp³-hybridized carbons (Fsp3) is 0.290. The van der Waals surface area contributed by atoms with Crippen LogP contribution in [0.3, 0.4) is 0 Å². The molecule has 0 radical (unpaired) electrons. The molecule has 0 fully saturated rings. The van der Waals surface area contributed by atoms with E-state index in [0.29, 0.717) is 17.9 Å². The maximum Gasteiger partial charge on any atom is 0.405 e. The van der Waals surface area contributed by atoms with E-state index >= 15 is 0 Å². The number of hydrogen-bond acceptors (Lipinski definition) is 7. The van der Waals surface area contributed by atoms with Crippen molar-refractivity contribution < 1.29 is 29.0 Å². The molecule has 41 heavy (non-hydrogen) atoms. The first-order chi connectivity index (χ1) is 19.7. The first kappa shape index (κ1) is 30.7. The number of nitrogens with two attached hydrogens (primary N) is 1. The first-order valence-corrected chi connectivity index (χ1v) is 13.2. The Morgan fingerprint density at radius 2 is 1.63 bits per heavy atom. The van der Waals surface area contributed by atoms with Gasteiger partial charge in [-0.3, -0.25) is 9.59 Å². The van der Waals surface area contributed by atoms with Gasteiger partial charge in [0.25, 0.3) is 11.8 Å². The largest absolute Gasteiger partial charge is 0.497 e. The van der Waals surface area contributed by atoms with Crippen LogP contribution in [0.15, 0.2) is 72.8 Å². The summed E-state index contributed by atoms with van der Waals surface area (Å²) in [7, 11) is 1.51. The molecule has 5 N–H and O–H groups in total. The molecule has 0 bridgehead atoms. The predicted octanol–water partition coefficient (Wildman–Crippen LogP) is 4.16. The maximum atomic E-state index is 13.4. The van der Waals surface area contributed by atoms with Crippen LogP contribution in [0.1, 0.15) is 75.7 Å². The summed E-state index contributed by atoms with van der Waals surface area (Å²) in [5, 5.41) is 26.3. The van der Waals surface area contributed by atoms with E-state index < -0.39 is 30.3 Å². The average Bonchev–Trinajstić information content (AvgIpc) is 2.99. The second-order valence-electron chi connectivity index (χ2n) is 9.43. The van der Waals surface area contributed by atoms with Gasteiger partial charge in [0.15, 0.2) is 0 Å². The van der Waals surface area contributed by atoms with Crippen molar-refractivity contribution in [2.45, 2.75) is 44.4 Å². The second kappa shape index (κ2) is 15.1. The molecule has 3 aromatic carbocycles. The molecule has 0 aliphatic heterocycles. The Balaban J connectivity index is 1.84. The minimum absolute atomic E-state index is 0.000969. The van der Waals surface area contributed by atoms with Gasteiger partial charge < -0.3 is 30.9 Å². The number of nitrogens with one attached hydrogen (secondary N) is 2. The lowest BCUT2D eigenvalue weighted by molar-refractivity contribution is 0.0502. The number of carbonyl (C=O) groups is 3. The number of rotatable bonds is 13. The summed E-state index contributed by atoms with van der Waals surface area (Å²) in [5.74, 6) is -0.358. The fourth-order valence-corrected chi connectivity index (χ4v) is 4.35. The minimum atomic E-state index is -1.03. The molecule has 0 aliphatic rings. The first-order valence-electron chi connectivity index (χ1n) is 13.2. The summed E-state index contributed by atoms with van der Waals surface area (Å²) >= 11 is 0. The summed E-state index contributed by atoms with van der Waals surface area (Å²) in [6.07, 6.45) is -2.07. The van der Waals surface area contributed by atoms with Crippen LogP contribution in [0, 0.1) is 11.3 Å². The third kappa shape index (κ3) is 9.08. The number of primary amides is 1. The van der Waals surface area contributed by atoms with Crippen LogP contribution in [-0.4, -0.2) is 42.8 Å². The van der Waals surface area contributed by atoms with Crippen molar-refractivity contribution in [3.8, 4) is 11.8 Å². The van der Waals surface area contributed by atoms with Crippen LogP contribution in [0.2, 0.25) is 0 Å². The smallest absolute Gasteiger partial charge is 0.405 e. The Morgan fingerprint density at radius 3 is 2.27 bits per heavy atom. The number of benzene rings is 3. The van der Waals surface area contributed by atoms with Gasteiger partial charge in [-0.1, -0.05) is 49.4 Å². The lowest BCUT2D eigenvalue weighted by Gasteiger charge is -2.25. The molecule has 3 unspecified atom stereocenters. The summed E-state index contributed by atoms with van der Waals surface area (Å²) in [4.78, 5) is 37.6. The second-order valence-corrected chi connectivity index (χ2v) is 9.43. The fourth-order valence-electron chi connectivity index (χ4n) is 4.35. The standard InChI is InChI=1S/C31H34N4O6/c1-3-12-34-29(37)23-13-20(19-32)14-24(15-23)30(38)35-27(21-8-5-4-6-9-21)17-25(36)18-28(41-31(33)39)22-10-7-11-26(16-22)40-2/h4-11,13-16,25,27-28,36H,3,12,17-18H2,1-2H3,(H2,33,39)(H,34,37)(H,35,38). The Kier molecular flexibility index (Phi) is 11.3. The Hall–Kier alpha value is -4.88. The number of amides is 3. The van der Waals surface area contributed by atoms with Crippen LogP contribution in [0.25, 0.3) is 0 Å². The van der Waals surface area contributed by atoms with E-state index in [2.05, 4.69) is 10.6 Å². The van der Waals surface area contributed by atoms with E-state index in [1.54, 1.807) is 24.3 Å². The number of nitrogens with zero attached hydrogens (tertiary/aromatic N) is 1. The highest BCUT2D eigenvalue weighted by molar-refractivity contribution is 6.00. The van der Waals surface area contributed by atoms with Gasteiger partial charge in [-0.05, 0) is 54.3 Å². The quantitative estimate of drug-likeness (QED) is 0.245. The zero-order chi connectivity index (χ0) is 29.8. The van der Waals surface area contributed by atoms with E-state index in [0.717, 1.165) is 12.0 Å². The number of aliphatic hydroxyl groups excluding tert-OH is 1. The molecular weight excluding hydrogens is 524 g/mol. The molecular formula is C31H34N4O6. The third-order valence-corrected chi connectivity index (χ3v) is 6.35. The van der Waals surface area contributed by atoms with E-state index in [1.165, 1.54) is 25.3 Å². The molecule has 0 saturated carbocycles. The molecule has 10 nitrogen and oxygen atoms in total. The number of carbonyl (C=O) groups excluding carboxylic acids is 3. The number of ether oxygens (including phenoxy) is 2. The Morgan fingerprint density at radius 1 is 0.951 bits per heavy atom. The van der Waals surface area contributed by atoms with Gasteiger partial charge in [0.1, 0.15) is 11.9 Å². The molecule has 3 atom stereocenters. The number of hydrogen-bond donors (Lipinski definition) is 4. The van der Waals surface area contributed by atoms with Crippen molar-refractivity contribution in [1.82, 2.24) is 10.6 Å². The summed E-state index contributed by atoms with van der Waals surface area (Å²) < 4.78 is 10.6. The van der Waals surface area contributed by atoms with E-state index in [1.807, 2.05) is 43.3 Å². The zero-order valence-electron chi connectivity index (χ0n) is 23.0. The Labute approximate surface area is 239 Å². The van der Waals surface area contributed by atoms with E-state index in [-0.39, 0.29) is 35.4 Å². The number of aliphatic hydroxyl groups is 1. The monoisotopic (exact) mass is 558 g/mol. The van der Waals surface area contributed by atoms with E-state index in [9.17, 15) is 24.8 Å². The molecule has 0 aliphatic carbocycles. The third-order valence-electron chi connectivity index (χ3n) is 6.35. The minimum Gasteiger partial charge on any atom is -0.497 e. The van der Waals surface area contributed by atoms with Gasteiger partial charge in [0.05, 0.1) is 30.9 Å².